The zero-order valence-electron chi connectivity index (χ0n) is 15.6. The average molecular weight is 486 g/mol. The highest BCUT2D eigenvalue weighted by atomic mass is 35.5. The lowest BCUT2D eigenvalue weighted by molar-refractivity contribution is -0.150. The molecule has 1 aliphatic heterocycles. The lowest BCUT2D eigenvalue weighted by Crippen LogP contribution is -2.48. The van der Waals surface area contributed by atoms with Gasteiger partial charge < -0.3 is 4.74 Å². The number of hydrogen-bond acceptors (Lipinski definition) is 7. The predicted molar refractivity (Wildman–Crippen MR) is 115 cm³/mol. The zero-order valence-corrected chi connectivity index (χ0v) is 18.8. The summed E-state index contributed by atoms with van der Waals surface area (Å²) in [5.74, 6) is -0.590. The van der Waals surface area contributed by atoms with Gasteiger partial charge >= 0.3 is 5.97 Å². The first kappa shape index (κ1) is 21.5. The van der Waals surface area contributed by atoms with Crippen molar-refractivity contribution >= 4 is 62.0 Å². The molecule has 0 saturated carbocycles. The Labute approximate surface area is 187 Å². The van der Waals surface area contributed by atoms with E-state index >= 15 is 0 Å². The number of hydrogen-bond donors (Lipinski definition) is 0. The topological polar surface area (TPSA) is 89.5 Å². The van der Waals surface area contributed by atoms with E-state index in [0.717, 1.165) is 18.1 Å². The van der Waals surface area contributed by atoms with Crippen molar-refractivity contribution < 1.29 is 17.9 Å². The van der Waals surface area contributed by atoms with Crippen LogP contribution in [0.25, 0.3) is 11.0 Å². The van der Waals surface area contributed by atoms with Crippen molar-refractivity contribution in [2.24, 2.45) is 0 Å². The number of benzene rings is 2. The van der Waals surface area contributed by atoms with Gasteiger partial charge in [-0.3, -0.25) is 4.79 Å². The molecule has 0 bridgehead atoms. The van der Waals surface area contributed by atoms with Crippen LogP contribution in [0.4, 0.5) is 0 Å². The molecule has 1 saturated heterocycles. The van der Waals surface area contributed by atoms with Crippen molar-refractivity contribution in [3.63, 3.8) is 0 Å². The molecule has 0 spiro atoms. The van der Waals surface area contributed by atoms with Crippen molar-refractivity contribution in [3.05, 3.63) is 52.0 Å². The van der Waals surface area contributed by atoms with Gasteiger partial charge in [0, 0.05) is 6.54 Å². The number of carbonyl (C=O) groups excluding carboxylic acids is 1. The summed E-state index contributed by atoms with van der Waals surface area (Å²) in [5, 5.41) is 0.763. The summed E-state index contributed by atoms with van der Waals surface area (Å²) in [4.78, 5) is 12.9. The molecule has 1 unspecified atom stereocenters. The second-order valence-corrected chi connectivity index (χ2v) is 10.1. The van der Waals surface area contributed by atoms with E-state index in [9.17, 15) is 13.2 Å². The molecule has 0 N–H and O–H groups in total. The van der Waals surface area contributed by atoms with Crippen LogP contribution in [0.5, 0.6) is 0 Å². The molecule has 1 fully saturated rings. The van der Waals surface area contributed by atoms with Crippen LogP contribution < -0.4 is 0 Å². The average Bonchev–Trinajstić information content (AvgIpc) is 3.23. The van der Waals surface area contributed by atoms with Gasteiger partial charge in [0.05, 0.1) is 21.8 Å². The molecule has 0 amide bonds. The van der Waals surface area contributed by atoms with Crippen LogP contribution in [0.2, 0.25) is 10.0 Å². The maximum Gasteiger partial charge on any atom is 0.324 e. The molecule has 7 nitrogen and oxygen atoms in total. The summed E-state index contributed by atoms with van der Waals surface area (Å²) in [5.41, 5.74) is 1.49. The molecule has 0 aliphatic carbocycles. The van der Waals surface area contributed by atoms with E-state index in [-0.39, 0.29) is 18.0 Å². The lowest BCUT2D eigenvalue weighted by Gasteiger charge is -2.33. The Morgan fingerprint density at radius 2 is 2.00 bits per heavy atom. The fourth-order valence-corrected chi connectivity index (χ4v) is 6.15. The van der Waals surface area contributed by atoms with E-state index in [1.807, 2.05) is 0 Å². The Balaban J connectivity index is 1.57. The van der Waals surface area contributed by atoms with E-state index in [0.29, 0.717) is 39.5 Å². The number of piperidine rings is 1. The summed E-state index contributed by atoms with van der Waals surface area (Å²) >= 11 is 12.9. The van der Waals surface area contributed by atoms with Gasteiger partial charge in [-0.15, -0.1) is 0 Å². The smallest absolute Gasteiger partial charge is 0.324 e. The summed E-state index contributed by atoms with van der Waals surface area (Å²) in [6.07, 6.45) is 1.80. The Morgan fingerprint density at radius 1 is 1.17 bits per heavy atom. The predicted octanol–water partition coefficient (Wildman–Crippen LogP) is 4.28. The number of fused-ring (bicyclic) bond motifs is 1. The Hall–Kier alpha value is -1.78. The quantitative estimate of drug-likeness (QED) is 0.500. The van der Waals surface area contributed by atoms with E-state index in [4.69, 9.17) is 27.9 Å². The standard InChI is InChI=1S/C19H17Cl2N3O4S2/c20-13-8-7-12(10-14(13)21)11-28-19(25)16-5-1-2-9-24(16)30(26,27)17-6-3-4-15-18(17)23-29-22-15/h3-4,6-8,10,16H,1-2,5,9,11H2. The van der Waals surface area contributed by atoms with Crippen molar-refractivity contribution in [2.45, 2.75) is 36.8 Å². The number of ether oxygens (including phenoxy) is 1. The Bertz CT molecular complexity index is 1200. The molecule has 0 radical (unpaired) electrons. The monoisotopic (exact) mass is 485 g/mol. The minimum absolute atomic E-state index is 0.0221. The normalized spacial score (nSPS) is 17.9. The molecule has 11 heteroatoms. The molecule has 3 aromatic rings. The molecule has 158 valence electrons. The Kier molecular flexibility index (Phi) is 6.26. The lowest BCUT2D eigenvalue weighted by atomic mass is 10.1. The second-order valence-electron chi connectivity index (χ2n) is 6.87. The molecular formula is C19H17Cl2N3O4S2. The first-order valence-electron chi connectivity index (χ1n) is 9.21. The largest absolute Gasteiger partial charge is 0.460 e. The fraction of sp³-hybridized carbons (Fsp3) is 0.316. The third kappa shape index (κ3) is 4.17. The molecular weight excluding hydrogens is 469 g/mol. The Morgan fingerprint density at radius 3 is 2.80 bits per heavy atom. The van der Waals surface area contributed by atoms with Gasteiger partial charge in [-0.2, -0.15) is 13.1 Å². The van der Waals surface area contributed by atoms with Gasteiger partial charge in [0.15, 0.2) is 0 Å². The summed E-state index contributed by atoms with van der Waals surface area (Å²) < 4.78 is 41.7. The maximum atomic E-state index is 13.4. The van der Waals surface area contributed by atoms with Gasteiger partial charge in [-0.05, 0) is 49.1 Å². The van der Waals surface area contributed by atoms with Gasteiger partial charge in [0.1, 0.15) is 28.6 Å². The van der Waals surface area contributed by atoms with Crippen LogP contribution in [0.15, 0.2) is 41.3 Å². The van der Waals surface area contributed by atoms with Crippen molar-refractivity contribution in [2.75, 3.05) is 6.54 Å². The third-order valence-electron chi connectivity index (χ3n) is 4.93. The van der Waals surface area contributed by atoms with Crippen LogP contribution in [0, 0.1) is 0 Å². The molecule has 1 aliphatic rings. The number of nitrogens with zero attached hydrogens (tertiary/aromatic N) is 3. The van der Waals surface area contributed by atoms with Crippen LogP contribution in [-0.4, -0.2) is 40.0 Å². The zero-order chi connectivity index (χ0) is 21.3. The number of esters is 1. The van der Waals surface area contributed by atoms with Crippen molar-refractivity contribution in [3.8, 4) is 0 Å². The SMILES string of the molecule is O=C(OCc1ccc(Cl)c(Cl)c1)C1CCCCN1S(=O)(=O)c1cccc2nsnc12. The van der Waals surface area contributed by atoms with Gasteiger partial charge in [0.25, 0.3) is 0 Å². The van der Waals surface area contributed by atoms with Gasteiger partial charge in [-0.25, -0.2) is 8.42 Å². The number of carbonyl (C=O) groups is 1. The number of rotatable bonds is 5. The fourth-order valence-electron chi connectivity index (χ4n) is 3.42. The van der Waals surface area contributed by atoms with Crippen LogP contribution in [0.3, 0.4) is 0 Å². The van der Waals surface area contributed by atoms with E-state index in [2.05, 4.69) is 8.75 Å². The number of halogens is 2. The van der Waals surface area contributed by atoms with Gasteiger partial charge in [-0.1, -0.05) is 35.3 Å². The minimum Gasteiger partial charge on any atom is -0.460 e. The molecule has 2 heterocycles. The number of aromatic nitrogens is 2. The third-order valence-corrected chi connectivity index (χ3v) is 8.15. The first-order chi connectivity index (χ1) is 14.4. The summed E-state index contributed by atoms with van der Waals surface area (Å²) in [6, 6.07) is 8.86. The van der Waals surface area contributed by atoms with Crippen molar-refractivity contribution in [1.29, 1.82) is 0 Å². The van der Waals surface area contributed by atoms with Gasteiger partial charge in [0.2, 0.25) is 10.0 Å². The summed E-state index contributed by atoms with van der Waals surface area (Å²) in [7, 11) is -3.95. The second kappa shape index (κ2) is 8.76. The van der Waals surface area contributed by atoms with Crippen molar-refractivity contribution in [1.82, 2.24) is 13.1 Å². The van der Waals surface area contributed by atoms with Crippen LogP contribution >= 0.6 is 34.9 Å². The molecule has 4 rings (SSSR count). The van der Waals surface area contributed by atoms with E-state index in [1.54, 1.807) is 30.3 Å². The van der Waals surface area contributed by atoms with E-state index in [1.165, 1.54) is 10.4 Å². The first-order valence-corrected chi connectivity index (χ1v) is 12.1. The van der Waals surface area contributed by atoms with E-state index < -0.39 is 22.0 Å². The highest BCUT2D eigenvalue weighted by Crippen LogP contribution is 2.30. The minimum atomic E-state index is -3.95. The number of sulfonamides is 1. The molecule has 1 atom stereocenters. The highest BCUT2D eigenvalue weighted by molar-refractivity contribution is 7.89. The molecule has 2 aromatic carbocycles. The summed E-state index contributed by atoms with van der Waals surface area (Å²) in [6.45, 7) is 0.217. The molecule has 30 heavy (non-hydrogen) atoms. The van der Waals surface area contributed by atoms with Crippen LogP contribution in [-0.2, 0) is 26.2 Å². The van der Waals surface area contributed by atoms with Crippen LogP contribution in [0.1, 0.15) is 24.8 Å². The highest BCUT2D eigenvalue weighted by Gasteiger charge is 2.39. The maximum absolute atomic E-state index is 13.4. The molecule has 1 aromatic heterocycles.